The SMILES string of the molecule is Cc1cc(F)c([C@@H]2CN3CCCN=C3[C@H]2C)c(F)c1. The molecule has 0 aliphatic carbocycles. The van der Waals surface area contributed by atoms with Gasteiger partial charge >= 0.3 is 0 Å². The molecule has 0 radical (unpaired) electrons. The summed E-state index contributed by atoms with van der Waals surface area (Å²) in [5.74, 6) is 0.143. The Bertz CT molecular complexity index is 516. The van der Waals surface area contributed by atoms with E-state index in [0.717, 1.165) is 25.3 Å². The van der Waals surface area contributed by atoms with Crippen LogP contribution in [0.3, 0.4) is 0 Å². The van der Waals surface area contributed by atoms with Crippen molar-refractivity contribution in [3.63, 3.8) is 0 Å². The van der Waals surface area contributed by atoms with Crippen LogP contribution in [0.1, 0.15) is 30.4 Å². The molecular weight excluding hydrogens is 246 g/mol. The van der Waals surface area contributed by atoms with E-state index in [1.807, 2.05) is 6.92 Å². The molecule has 1 fully saturated rings. The van der Waals surface area contributed by atoms with Crippen LogP contribution < -0.4 is 0 Å². The fraction of sp³-hybridized carbons (Fsp3) is 0.533. The average molecular weight is 264 g/mol. The van der Waals surface area contributed by atoms with Gasteiger partial charge in [0.2, 0.25) is 0 Å². The lowest BCUT2D eigenvalue weighted by atomic mass is 9.88. The molecule has 2 nitrogen and oxygen atoms in total. The van der Waals surface area contributed by atoms with Gasteiger partial charge in [-0.2, -0.15) is 0 Å². The molecule has 0 N–H and O–H groups in total. The van der Waals surface area contributed by atoms with Crippen LogP contribution in [0.2, 0.25) is 0 Å². The van der Waals surface area contributed by atoms with Gasteiger partial charge in [-0.15, -0.1) is 0 Å². The zero-order valence-corrected chi connectivity index (χ0v) is 11.3. The predicted molar refractivity (Wildman–Crippen MR) is 71.5 cm³/mol. The third-order valence-electron chi connectivity index (χ3n) is 4.21. The van der Waals surface area contributed by atoms with E-state index in [9.17, 15) is 8.78 Å². The number of fused-ring (bicyclic) bond motifs is 1. The van der Waals surface area contributed by atoms with Crippen molar-refractivity contribution in [1.82, 2.24) is 4.90 Å². The van der Waals surface area contributed by atoms with E-state index < -0.39 is 11.6 Å². The van der Waals surface area contributed by atoms with Crippen molar-refractivity contribution in [1.29, 1.82) is 0 Å². The second kappa shape index (κ2) is 4.58. The Balaban J connectivity index is 2.00. The average Bonchev–Trinajstić information content (AvgIpc) is 2.66. The van der Waals surface area contributed by atoms with Gasteiger partial charge in [0.05, 0.1) is 0 Å². The summed E-state index contributed by atoms with van der Waals surface area (Å²) in [5.41, 5.74) is 0.856. The van der Waals surface area contributed by atoms with E-state index in [1.165, 1.54) is 12.1 Å². The third kappa shape index (κ3) is 2.03. The Morgan fingerprint density at radius 2 is 1.95 bits per heavy atom. The number of nitrogens with zero attached hydrogens (tertiary/aromatic N) is 2. The molecule has 1 saturated heterocycles. The number of hydrogen-bond donors (Lipinski definition) is 0. The van der Waals surface area contributed by atoms with E-state index >= 15 is 0 Å². The van der Waals surface area contributed by atoms with Crippen LogP contribution in [0.4, 0.5) is 8.78 Å². The van der Waals surface area contributed by atoms with Crippen LogP contribution in [0.25, 0.3) is 0 Å². The van der Waals surface area contributed by atoms with E-state index in [0.29, 0.717) is 12.1 Å². The van der Waals surface area contributed by atoms with Gasteiger partial charge < -0.3 is 4.90 Å². The molecule has 0 spiro atoms. The highest BCUT2D eigenvalue weighted by atomic mass is 19.1. The largest absolute Gasteiger partial charge is 0.359 e. The molecule has 0 saturated carbocycles. The molecule has 1 aromatic carbocycles. The highest BCUT2D eigenvalue weighted by molar-refractivity contribution is 5.88. The lowest BCUT2D eigenvalue weighted by molar-refractivity contribution is 0.402. The van der Waals surface area contributed by atoms with Gasteiger partial charge in [0.1, 0.15) is 17.5 Å². The van der Waals surface area contributed by atoms with Crippen LogP contribution in [-0.4, -0.2) is 30.4 Å². The van der Waals surface area contributed by atoms with Gasteiger partial charge in [0.15, 0.2) is 0 Å². The van der Waals surface area contributed by atoms with Gasteiger partial charge in [-0.05, 0) is 31.0 Å². The number of halogens is 2. The fourth-order valence-corrected chi connectivity index (χ4v) is 3.27. The van der Waals surface area contributed by atoms with E-state index in [-0.39, 0.29) is 17.4 Å². The van der Waals surface area contributed by atoms with Crippen molar-refractivity contribution in [2.24, 2.45) is 10.9 Å². The highest BCUT2D eigenvalue weighted by Gasteiger charge is 2.39. The number of aliphatic imine (C=N–C) groups is 1. The van der Waals surface area contributed by atoms with Crippen LogP contribution in [0.15, 0.2) is 17.1 Å². The molecule has 3 rings (SSSR count). The van der Waals surface area contributed by atoms with Crippen molar-refractivity contribution in [3.8, 4) is 0 Å². The van der Waals surface area contributed by atoms with Gasteiger partial charge in [-0.1, -0.05) is 6.92 Å². The summed E-state index contributed by atoms with van der Waals surface area (Å²) >= 11 is 0. The summed E-state index contributed by atoms with van der Waals surface area (Å²) < 4.78 is 28.2. The van der Waals surface area contributed by atoms with Crippen molar-refractivity contribution in [2.45, 2.75) is 26.2 Å². The Morgan fingerprint density at radius 3 is 2.58 bits per heavy atom. The molecule has 0 bridgehead atoms. The molecule has 2 aliphatic heterocycles. The monoisotopic (exact) mass is 264 g/mol. The van der Waals surface area contributed by atoms with Gasteiger partial charge in [-0.25, -0.2) is 8.78 Å². The minimum absolute atomic E-state index is 0.0898. The topological polar surface area (TPSA) is 15.6 Å². The summed E-state index contributed by atoms with van der Waals surface area (Å²) in [6, 6.07) is 2.84. The quantitative estimate of drug-likeness (QED) is 0.761. The molecule has 19 heavy (non-hydrogen) atoms. The predicted octanol–water partition coefficient (Wildman–Crippen LogP) is 3.11. The Hall–Kier alpha value is -1.45. The summed E-state index contributed by atoms with van der Waals surface area (Å²) in [6.07, 6.45) is 1.03. The van der Waals surface area contributed by atoms with Gasteiger partial charge in [0, 0.05) is 37.0 Å². The summed E-state index contributed by atoms with van der Waals surface area (Å²) in [4.78, 5) is 6.70. The standard InChI is InChI=1S/C15H18F2N2/c1-9-6-12(16)14(13(17)7-9)11-8-19-5-3-4-18-15(19)10(11)2/h6-7,10-11H,3-5,8H2,1-2H3/t10-,11+/m0/s1. The number of rotatable bonds is 1. The summed E-state index contributed by atoms with van der Waals surface area (Å²) in [6.45, 7) is 6.20. The maximum atomic E-state index is 14.1. The fourth-order valence-electron chi connectivity index (χ4n) is 3.27. The first-order valence-corrected chi connectivity index (χ1v) is 6.82. The summed E-state index contributed by atoms with van der Waals surface area (Å²) in [5, 5.41) is 0. The normalized spacial score (nSPS) is 26.3. The lowest BCUT2D eigenvalue weighted by Crippen LogP contribution is -2.32. The Kier molecular flexibility index (Phi) is 3.03. The van der Waals surface area contributed by atoms with E-state index in [2.05, 4.69) is 9.89 Å². The lowest BCUT2D eigenvalue weighted by Gasteiger charge is -2.23. The maximum absolute atomic E-state index is 14.1. The van der Waals surface area contributed by atoms with Crippen LogP contribution in [0.5, 0.6) is 0 Å². The second-order valence-corrected chi connectivity index (χ2v) is 5.58. The van der Waals surface area contributed by atoms with Gasteiger partial charge in [0.25, 0.3) is 0 Å². The maximum Gasteiger partial charge on any atom is 0.129 e. The minimum Gasteiger partial charge on any atom is -0.359 e. The third-order valence-corrected chi connectivity index (χ3v) is 4.21. The molecule has 0 unspecified atom stereocenters. The zero-order chi connectivity index (χ0) is 13.6. The van der Waals surface area contributed by atoms with Crippen molar-refractivity contribution in [3.05, 3.63) is 34.9 Å². The molecule has 0 aromatic heterocycles. The van der Waals surface area contributed by atoms with Crippen molar-refractivity contribution in [2.75, 3.05) is 19.6 Å². The smallest absolute Gasteiger partial charge is 0.129 e. The zero-order valence-electron chi connectivity index (χ0n) is 11.3. The first kappa shape index (κ1) is 12.6. The van der Waals surface area contributed by atoms with Crippen molar-refractivity contribution >= 4 is 5.84 Å². The molecule has 0 amide bonds. The first-order chi connectivity index (χ1) is 9.08. The highest BCUT2D eigenvalue weighted by Crippen LogP contribution is 2.38. The number of aryl methyl sites for hydroxylation is 1. The van der Waals surface area contributed by atoms with Crippen LogP contribution >= 0.6 is 0 Å². The Morgan fingerprint density at radius 1 is 1.26 bits per heavy atom. The first-order valence-electron chi connectivity index (χ1n) is 6.82. The van der Waals surface area contributed by atoms with Gasteiger partial charge in [-0.3, -0.25) is 4.99 Å². The molecule has 2 heterocycles. The molecule has 1 aromatic rings. The van der Waals surface area contributed by atoms with Crippen LogP contribution in [-0.2, 0) is 0 Å². The molecule has 2 atom stereocenters. The van der Waals surface area contributed by atoms with Crippen molar-refractivity contribution < 1.29 is 8.78 Å². The van der Waals surface area contributed by atoms with Crippen LogP contribution in [0, 0.1) is 24.5 Å². The second-order valence-electron chi connectivity index (χ2n) is 5.58. The number of benzene rings is 1. The Labute approximate surface area is 112 Å². The number of amidine groups is 1. The molecule has 4 heteroatoms. The molecular formula is C15H18F2N2. The summed E-state index contributed by atoms with van der Waals surface area (Å²) in [7, 11) is 0. The van der Waals surface area contributed by atoms with E-state index in [4.69, 9.17) is 0 Å². The molecule has 102 valence electrons. The molecule has 2 aliphatic rings. The van der Waals surface area contributed by atoms with E-state index in [1.54, 1.807) is 6.92 Å². The number of hydrogen-bond acceptors (Lipinski definition) is 2. The minimum atomic E-state index is -0.421.